The van der Waals surface area contributed by atoms with Gasteiger partial charge in [-0.15, -0.1) is 0 Å². The van der Waals surface area contributed by atoms with Gasteiger partial charge in [-0.2, -0.15) is 0 Å². The number of methoxy groups -OCH3 is 1. The van der Waals surface area contributed by atoms with Crippen molar-refractivity contribution in [3.63, 3.8) is 0 Å². The second kappa shape index (κ2) is 10.3. The highest BCUT2D eigenvalue weighted by molar-refractivity contribution is 6.07. The van der Waals surface area contributed by atoms with E-state index in [2.05, 4.69) is 16.0 Å². The average Bonchev–Trinajstić information content (AvgIpc) is 2.93. The molecule has 0 radical (unpaired) electrons. The number of pyridine rings is 1. The molecule has 1 fully saturated rings. The van der Waals surface area contributed by atoms with Crippen LogP contribution in [0.15, 0.2) is 73.1 Å². The molecule has 2 amide bonds. The van der Waals surface area contributed by atoms with E-state index >= 15 is 0 Å². The van der Waals surface area contributed by atoms with Gasteiger partial charge in [-0.1, -0.05) is 43.5 Å². The lowest BCUT2D eigenvalue weighted by molar-refractivity contribution is -0.132. The summed E-state index contributed by atoms with van der Waals surface area (Å²) in [5, 5.41) is 0. The SMILES string of the molecule is COc1ccc(N2CCc3ccccc3[C@@H]2C(=O)N(C(=O)c2cccnc2)C2CCCCC2)cc1. The zero-order valence-corrected chi connectivity index (χ0v) is 20.1. The number of rotatable bonds is 5. The van der Waals surface area contributed by atoms with E-state index in [1.54, 1.807) is 36.5 Å². The molecule has 3 aromatic rings. The third-order valence-corrected chi connectivity index (χ3v) is 7.23. The number of hydrogen-bond donors (Lipinski definition) is 0. The lowest BCUT2D eigenvalue weighted by Gasteiger charge is -2.42. The van der Waals surface area contributed by atoms with Crippen LogP contribution in [0.1, 0.15) is 59.6 Å². The zero-order chi connectivity index (χ0) is 24.2. The summed E-state index contributed by atoms with van der Waals surface area (Å²) in [6, 6.07) is 18.7. The van der Waals surface area contributed by atoms with Gasteiger partial charge in [-0.3, -0.25) is 19.5 Å². The lowest BCUT2D eigenvalue weighted by atomic mass is 9.89. The molecular formula is C29H31N3O3. The summed E-state index contributed by atoms with van der Waals surface area (Å²) in [7, 11) is 1.64. The van der Waals surface area contributed by atoms with Crippen molar-refractivity contribution in [1.82, 2.24) is 9.88 Å². The van der Waals surface area contributed by atoms with E-state index in [0.29, 0.717) is 12.1 Å². The molecule has 6 nitrogen and oxygen atoms in total. The van der Waals surface area contributed by atoms with Gasteiger partial charge in [0, 0.05) is 30.7 Å². The first kappa shape index (κ1) is 23.1. The molecule has 0 N–H and O–H groups in total. The number of hydrogen-bond acceptors (Lipinski definition) is 5. The molecule has 1 aliphatic heterocycles. The van der Waals surface area contributed by atoms with Crippen molar-refractivity contribution in [2.75, 3.05) is 18.6 Å². The molecular weight excluding hydrogens is 438 g/mol. The van der Waals surface area contributed by atoms with Crippen LogP contribution >= 0.6 is 0 Å². The van der Waals surface area contributed by atoms with Crippen LogP contribution in [0.25, 0.3) is 0 Å². The number of ether oxygens (including phenoxy) is 1. The molecule has 0 spiro atoms. The van der Waals surface area contributed by atoms with Gasteiger partial charge in [-0.05, 0) is 66.8 Å². The number of nitrogens with zero attached hydrogens (tertiary/aromatic N) is 3. The Morgan fingerprint density at radius 3 is 2.46 bits per heavy atom. The minimum atomic E-state index is -0.573. The number of aromatic nitrogens is 1. The van der Waals surface area contributed by atoms with Crippen LogP contribution in [-0.4, -0.2) is 41.4 Å². The van der Waals surface area contributed by atoms with E-state index in [1.807, 2.05) is 42.5 Å². The minimum Gasteiger partial charge on any atom is -0.497 e. The summed E-state index contributed by atoms with van der Waals surface area (Å²) in [6.45, 7) is 0.694. The Bertz CT molecular complexity index is 1170. The molecule has 180 valence electrons. The van der Waals surface area contributed by atoms with E-state index < -0.39 is 6.04 Å². The van der Waals surface area contributed by atoms with Gasteiger partial charge < -0.3 is 9.64 Å². The maximum atomic E-state index is 14.5. The van der Waals surface area contributed by atoms with Crippen LogP contribution in [0.5, 0.6) is 5.75 Å². The molecule has 0 unspecified atom stereocenters. The molecule has 1 saturated carbocycles. The van der Waals surface area contributed by atoms with E-state index in [1.165, 1.54) is 0 Å². The van der Waals surface area contributed by atoms with E-state index in [9.17, 15) is 9.59 Å². The standard InChI is InChI=1S/C29H31N3O3/c1-35-25-15-13-23(14-16-25)31-19-17-21-8-5-6-12-26(21)27(31)29(34)32(24-10-3-2-4-11-24)28(33)22-9-7-18-30-20-22/h5-9,12-16,18,20,24,27H,2-4,10-11,17,19H2,1H3/t27-/m1/s1. The molecule has 35 heavy (non-hydrogen) atoms. The quantitative estimate of drug-likeness (QED) is 0.481. The van der Waals surface area contributed by atoms with Crippen molar-refractivity contribution < 1.29 is 14.3 Å². The van der Waals surface area contributed by atoms with E-state index in [4.69, 9.17) is 4.74 Å². The van der Waals surface area contributed by atoms with Gasteiger partial charge in [0.15, 0.2) is 0 Å². The predicted octanol–water partition coefficient (Wildman–Crippen LogP) is 5.20. The second-order valence-corrected chi connectivity index (χ2v) is 9.29. The number of anilines is 1. The minimum absolute atomic E-state index is 0.101. The van der Waals surface area contributed by atoms with Gasteiger partial charge in [0.05, 0.1) is 12.7 Å². The molecule has 2 heterocycles. The Morgan fingerprint density at radius 1 is 0.971 bits per heavy atom. The van der Waals surface area contributed by atoms with Crippen LogP contribution in [0.2, 0.25) is 0 Å². The first-order valence-corrected chi connectivity index (χ1v) is 12.4. The average molecular weight is 470 g/mol. The Labute approximate surface area is 206 Å². The molecule has 1 atom stereocenters. The van der Waals surface area contributed by atoms with Crippen molar-refractivity contribution in [3.05, 3.63) is 89.7 Å². The van der Waals surface area contributed by atoms with Gasteiger partial charge in [0.2, 0.25) is 0 Å². The summed E-state index contributed by atoms with van der Waals surface area (Å²) < 4.78 is 5.34. The summed E-state index contributed by atoms with van der Waals surface area (Å²) in [6.07, 6.45) is 8.92. The van der Waals surface area contributed by atoms with Crippen LogP contribution in [0.3, 0.4) is 0 Å². The van der Waals surface area contributed by atoms with Gasteiger partial charge >= 0.3 is 0 Å². The van der Waals surface area contributed by atoms with Crippen molar-refractivity contribution in [2.24, 2.45) is 0 Å². The number of fused-ring (bicyclic) bond motifs is 1. The van der Waals surface area contributed by atoms with E-state index in [-0.39, 0.29) is 17.9 Å². The highest BCUT2D eigenvalue weighted by atomic mass is 16.5. The number of amides is 2. The fraction of sp³-hybridized carbons (Fsp3) is 0.345. The third kappa shape index (κ3) is 4.65. The monoisotopic (exact) mass is 469 g/mol. The maximum absolute atomic E-state index is 14.5. The molecule has 5 rings (SSSR count). The number of carbonyl (C=O) groups is 2. The molecule has 2 aliphatic rings. The van der Waals surface area contributed by atoms with Gasteiger partial charge in [-0.25, -0.2) is 0 Å². The van der Waals surface area contributed by atoms with E-state index in [0.717, 1.165) is 61.1 Å². The number of carbonyl (C=O) groups excluding carboxylic acids is 2. The fourth-order valence-corrected chi connectivity index (χ4v) is 5.43. The first-order valence-electron chi connectivity index (χ1n) is 12.4. The Balaban J connectivity index is 1.58. The van der Waals surface area contributed by atoms with Gasteiger partial charge in [0.25, 0.3) is 11.8 Å². The Hall–Kier alpha value is -3.67. The Kier molecular flexibility index (Phi) is 6.80. The summed E-state index contributed by atoms with van der Waals surface area (Å²) in [4.78, 5) is 36.1. The lowest BCUT2D eigenvalue weighted by Crippen LogP contribution is -2.52. The molecule has 0 saturated heterocycles. The smallest absolute Gasteiger partial charge is 0.262 e. The second-order valence-electron chi connectivity index (χ2n) is 9.29. The topological polar surface area (TPSA) is 62.7 Å². The number of imide groups is 1. The zero-order valence-electron chi connectivity index (χ0n) is 20.1. The molecule has 2 aromatic carbocycles. The molecule has 6 heteroatoms. The summed E-state index contributed by atoms with van der Waals surface area (Å²) >= 11 is 0. The highest BCUT2D eigenvalue weighted by Gasteiger charge is 2.41. The Morgan fingerprint density at radius 2 is 1.74 bits per heavy atom. The largest absolute Gasteiger partial charge is 0.497 e. The molecule has 0 bridgehead atoms. The third-order valence-electron chi connectivity index (χ3n) is 7.23. The predicted molar refractivity (Wildman–Crippen MR) is 136 cm³/mol. The summed E-state index contributed by atoms with van der Waals surface area (Å²) in [5.74, 6) is 0.353. The molecule has 1 aliphatic carbocycles. The highest BCUT2D eigenvalue weighted by Crippen LogP contribution is 2.37. The van der Waals surface area contributed by atoms with Crippen molar-refractivity contribution in [1.29, 1.82) is 0 Å². The van der Waals surface area contributed by atoms with Crippen molar-refractivity contribution in [3.8, 4) is 5.75 Å². The summed E-state index contributed by atoms with van der Waals surface area (Å²) in [5.41, 5.74) is 3.52. The van der Waals surface area contributed by atoms with Crippen LogP contribution in [-0.2, 0) is 11.2 Å². The van der Waals surface area contributed by atoms with Crippen LogP contribution in [0, 0.1) is 0 Å². The van der Waals surface area contributed by atoms with Crippen LogP contribution in [0.4, 0.5) is 5.69 Å². The van der Waals surface area contributed by atoms with Crippen molar-refractivity contribution in [2.45, 2.75) is 50.6 Å². The van der Waals surface area contributed by atoms with Crippen LogP contribution < -0.4 is 9.64 Å². The normalized spacial score (nSPS) is 18.0. The van der Waals surface area contributed by atoms with Gasteiger partial charge in [0.1, 0.15) is 11.8 Å². The number of benzene rings is 2. The maximum Gasteiger partial charge on any atom is 0.262 e. The first-order chi connectivity index (χ1) is 17.2. The molecule has 1 aromatic heterocycles. The van der Waals surface area contributed by atoms with Crippen molar-refractivity contribution >= 4 is 17.5 Å². The fourth-order valence-electron chi connectivity index (χ4n) is 5.43.